The summed E-state index contributed by atoms with van der Waals surface area (Å²) in [6, 6.07) is -0.804. The van der Waals surface area contributed by atoms with Crippen molar-refractivity contribution in [3.63, 3.8) is 0 Å². The number of ether oxygens (including phenoxy) is 1. The average Bonchev–Trinajstić information content (AvgIpc) is 2.45. The first kappa shape index (κ1) is 16.9. The summed E-state index contributed by atoms with van der Waals surface area (Å²) in [6.45, 7) is 2.53. The van der Waals surface area contributed by atoms with Gasteiger partial charge in [-0.05, 0) is 51.1 Å². The summed E-state index contributed by atoms with van der Waals surface area (Å²) < 4.78 is 4.89. The van der Waals surface area contributed by atoms with Crippen molar-refractivity contribution in [3.8, 4) is 0 Å². The number of amides is 1. The highest BCUT2D eigenvalue weighted by atomic mass is 16.5. The molecule has 116 valence electrons. The molecule has 0 spiro atoms. The lowest BCUT2D eigenvalue weighted by atomic mass is 9.94. The van der Waals surface area contributed by atoms with Crippen LogP contribution in [0, 0.1) is 5.92 Å². The van der Waals surface area contributed by atoms with Gasteiger partial charge in [0.05, 0.1) is 0 Å². The Morgan fingerprint density at radius 2 is 2.30 bits per heavy atom. The Morgan fingerprint density at radius 3 is 2.90 bits per heavy atom. The molecule has 0 aromatic carbocycles. The molecule has 2 atom stereocenters. The SMILES string of the molecule is COCCCC(NC(=O)CCC1CCCNC1)C(=O)O. The van der Waals surface area contributed by atoms with Crippen molar-refractivity contribution in [3.05, 3.63) is 0 Å². The highest BCUT2D eigenvalue weighted by molar-refractivity contribution is 5.83. The van der Waals surface area contributed by atoms with Crippen LogP contribution in [0.25, 0.3) is 0 Å². The summed E-state index contributed by atoms with van der Waals surface area (Å²) in [5.74, 6) is -0.611. The molecule has 0 aromatic rings. The van der Waals surface area contributed by atoms with Gasteiger partial charge in [-0.15, -0.1) is 0 Å². The van der Waals surface area contributed by atoms with E-state index in [0.717, 1.165) is 32.4 Å². The van der Waals surface area contributed by atoms with Crippen LogP contribution in [0.4, 0.5) is 0 Å². The molecule has 0 saturated carbocycles. The molecule has 1 fully saturated rings. The van der Waals surface area contributed by atoms with Crippen molar-refractivity contribution >= 4 is 11.9 Å². The first-order valence-electron chi connectivity index (χ1n) is 7.35. The number of carbonyl (C=O) groups is 2. The van der Waals surface area contributed by atoms with E-state index in [1.807, 2.05) is 0 Å². The van der Waals surface area contributed by atoms with Crippen LogP contribution < -0.4 is 10.6 Å². The van der Waals surface area contributed by atoms with Gasteiger partial charge in [-0.3, -0.25) is 4.79 Å². The Bertz CT molecular complexity index is 304. The monoisotopic (exact) mass is 286 g/mol. The maximum Gasteiger partial charge on any atom is 0.326 e. The summed E-state index contributed by atoms with van der Waals surface area (Å²) in [5, 5.41) is 15.0. The number of aliphatic carboxylic acids is 1. The van der Waals surface area contributed by atoms with Gasteiger partial charge in [-0.1, -0.05) is 0 Å². The molecule has 3 N–H and O–H groups in total. The molecule has 0 aromatic heterocycles. The van der Waals surface area contributed by atoms with E-state index >= 15 is 0 Å². The van der Waals surface area contributed by atoms with Crippen molar-refractivity contribution in [2.45, 2.75) is 44.6 Å². The second-order valence-electron chi connectivity index (χ2n) is 5.34. The normalized spacial score (nSPS) is 20.4. The van der Waals surface area contributed by atoms with E-state index in [4.69, 9.17) is 9.84 Å². The average molecular weight is 286 g/mol. The fourth-order valence-electron chi connectivity index (χ4n) is 2.46. The molecule has 0 bridgehead atoms. The van der Waals surface area contributed by atoms with Crippen LogP contribution in [0.15, 0.2) is 0 Å². The predicted molar refractivity (Wildman–Crippen MR) is 75.5 cm³/mol. The Kier molecular flexibility index (Phi) is 8.22. The fourth-order valence-corrected chi connectivity index (χ4v) is 2.46. The van der Waals surface area contributed by atoms with E-state index in [0.29, 0.717) is 31.8 Å². The maximum atomic E-state index is 11.8. The lowest BCUT2D eigenvalue weighted by molar-refractivity contribution is -0.142. The standard InChI is InChI=1S/C14H26N2O4/c1-20-9-3-5-12(14(18)19)16-13(17)7-6-11-4-2-8-15-10-11/h11-12,15H,2-10H2,1H3,(H,16,17)(H,18,19). The lowest BCUT2D eigenvalue weighted by Gasteiger charge is -2.22. The lowest BCUT2D eigenvalue weighted by Crippen LogP contribution is -2.41. The van der Waals surface area contributed by atoms with Crippen molar-refractivity contribution in [1.82, 2.24) is 10.6 Å². The quantitative estimate of drug-likeness (QED) is 0.545. The summed E-state index contributed by atoms with van der Waals surface area (Å²) in [6.07, 6.45) is 4.56. The van der Waals surface area contributed by atoms with Crippen molar-refractivity contribution < 1.29 is 19.4 Å². The molecule has 1 heterocycles. The van der Waals surface area contributed by atoms with Gasteiger partial charge in [-0.25, -0.2) is 4.79 Å². The Morgan fingerprint density at radius 1 is 1.50 bits per heavy atom. The van der Waals surface area contributed by atoms with Gasteiger partial charge in [0.2, 0.25) is 5.91 Å². The van der Waals surface area contributed by atoms with Crippen LogP contribution in [0.5, 0.6) is 0 Å². The summed E-state index contributed by atoms with van der Waals surface area (Å²) in [7, 11) is 1.58. The number of hydrogen-bond acceptors (Lipinski definition) is 4. The number of carbonyl (C=O) groups excluding carboxylic acids is 1. The zero-order valence-corrected chi connectivity index (χ0v) is 12.2. The number of hydrogen-bond donors (Lipinski definition) is 3. The van der Waals surface area contributed by atoms with Crippen molar-refractivity contribution in [1.29, 1.82) is 0 Å². The number of methoxy groups -OCH3 is 1. The zero-order valence-electron chi connectivity index (χ0n) is 12.2. The molecule has 6 heteroatoms. The second-order valence-corrected chi connectivity index (χ2v) is 5.34. The largest absolute Gasteiger partial charge is 0.480 e. The van der Waals surface area contributed by atoms with Crippen LogP contribution in [-0.4, -0.2) is 49.8 Å². The minimum absolute atomic E-state index is 0.166. The van der Waals surface area contributed by atoms with Crippen LogP contribution in [0.3, 0.4) is 0 Å². The number of carboxylic acid groups (broad SMARTS) is 1. The molecule has 1 aliphatic rings. The summed E-state index contributed by atoms with van der Waals surface area (Å²) in [4.78, 5) is 22.9. The number of piperidine rings is 1. The van der Waals surface area contributed by atoms with Crippen LogP contribution in [0.2, 0.25) is 0 Å². The number of rotatable bonds is 9. The molecule has 0 radical (unpaired) electrons. The van der Waals surface area contributed by atoms with Crippen LogP contribution in [-0.2, 0) is 14.3 Å². The van der Waals surface area contributed by atoms with Gasteiger partial charge in [0.15, 0.2) is 0 Å². The zero-order chi connectivity index (χ0) is 14.8. The topological polar surface area (TPSA) is 87.7 Å². The second kappa shape index (κ2) is 9.72. The third-order valence-corrected chi connectivity index (χ3v) is 3.65. The maximum absolute atomic E-state index is 11.8. The molecular formula is C14H26N2O4. The minimum Gasteiger partial charge on any atom is -0.480 e. The molecule has 1 amide bonds. The van der Waals surface area contributed by atoms with Gasteiger partial charge in [0.25, 0.3) is 0 Å². The highest BCUT2D eigenvalue weighted by Gasteiger charge is 2.20. The van der Waals surface area contributed by atoms with E-state index < -0.39 is 12.0 Å². The Balaban J connectivity index is 2.24. The Hall–Kier alpha value is -1.14. The van der Waals surface area contributed by atoms with Crippen LogP contribution in [0.1, 0.15) is 38.5 Å². The third-order valence-electron chi connectivity index (χ3n) is 3.65. The molecule has 2 unspecified atom stereocenters. The highest BCUT2D eigenvalue weighted by Crippen LogP contribution is 2.15. The molecule has 20 heavy (non-hydrogen) atoms. The summed E-state index contributed by atoms with van der Waals surface area (Å²) in [5.41, 5.74) is 0. The molecule has 1 aliphatic heterocycles. The van der Waals surface area contributed by atoms with E-state index in [1.165, 1.54) is 0 Å². The van der Waals surface area contributed by atoms with E-state index in [-0.39, 0.29) is 5.91 Å². The molecule has 1 rings (SSSR count). The predicted octanol–water partition coefficient (Wildman–Crippen LogP) is 0.762. The van der Waals surface area contributed by atoms with E-state index in [1.54, 1.807) is 7.11 Å². The van der Waals surface area contributed by atoms with Crippen LogP contribution >= 0.6 is 0 Å². The van der Waals surface area contributed by atoms with Crippen molar-refractivity contribution in [2.24, 2.45) is 5.92 Å². The first-order valence-corrected chi connectivity index (χ1v) is 7.35. The van der Waals surface area contributed by atoms with E-state index in [9.17, 15) is 9.59 Å². The van der Waals surface area contributed by atoms with E-state index in [2.05, 4.69) is 10.6 Å². The fraction of sp³-hybridized carbons (Fsp3) is 0.857. The van der Waals surface area contributed by atoms with Gasteiger partial charge < -0.3 is 20.5 Å². The minimum atomic E-state index is -0.978. The molecule has 0 aliphatic carbocycles. The molecule has 6 nitrogen and oxygen atoms in total. The van der Waals surface area contributed by atoms with Crippen molar-refractivity contribution in [2.75, 3.05) is 26.8 Å². The Labute approximate surface area is 120 Å². The smallest absolute Gasteiger partial charge is 0.326 e. The van der Waals surface area contributed by atoms with Gasteiger partial charge >= 0.3 is 5.97 Å². The number of nitrogens with one attached hydrogen (secondary N) is 2. The molecule has 1 saturated heterocycles. The third kappa shape index (κ3) is 6.86. The van der Waals surface area contributed by atoms with Gasteiger partial charge in [0.1, 0.15) is 6.04 Å². The van der Waals surface area contributed by atoms with Gasteiger partial charge in [-0.2, -0.15) is 0 Å². The number of carboxylic acids is 1. The molecular weight excluding hydrogens is 260 g/mol. The summed E-state index contributed by atoms with van der Waals surface area (Å²) >= 11 is 0. The van der Waals surface area contributed by atoms with Gasteiger partial charge in [0, 0.05) is 20.1 Å². The first-order chi connectivity index (χ1) is 9.63.